The fourth-order valence-electron chi connectivity index (χ4n) is 0.716. The zero-order valence-electron chi connectivity index (χ0n) is 13.4. The second kappa shape index (κ2) is 17.6. The highest BCUT2D eigenvalue weighted by Gasteiger charge is 2.02. The molecule has 1 N–H and O–H groups in total. The summed E-state index contributed by atoms with van der Waals surface area (Å²) in [5, 5.41) is 2.10. The molecule has 5 heteroatoms. The van der Waals surface area contributed by atoms with Crippen LogP contribution in [0.2, 0.25) is 0 Å². The van der Waals surface area contributed by atoms with Crippen molar-refractivity contribution in [3.8, 4) is 0 Å². The zero-order valence-corrected chi connectivity index (χ0v) is 13.4. The van der Waals surface area contributed by atoms with E-state index in [0.717, 1.165) is 12.1 Å². The second-order valence-electron chi connectivity index (χ2n) is 3.53. The molecule has 0 heterocycles. The molecule has 0 fully saturated rings. The largest absolute Gasteiger partial charge is 0.336 e. The van der Waals surface area contributed by atoms with E-state index in [9.17, 15) is 13.6 Å². The first-order chi connectivity index (χ1) is 9.42. The fraction of sp³-hybridized carbons (Fsp3) is 0.533. The molecule has 1 aromatic rings. The zero-order chi connectivity index (χ0) is 16.6. The van der Waals surface area contributed by atoms with Gasteiger partial charge in [-0.15, -0.1) is 0 Å². The molecule has 1 amide bonds. The molecule has 2 nitrogen and oxygen atoms in total. The van der Waals surface area contributed by atoms with E-state index in [1.807, 2.05) is 13.8 Å². The van der Waals surface area contributed by atoms with Gasteiger partial charge in [0, 0.05) is 11.8 Å². The lowest BCUT2D eigenvalue weighted by Gasteiger charge is -2.01. The van der Waals surface area contributed by atoms with Gasteiger partial charge in [-0.25, -0.2) is 8.78 Å². The van der Waals surface area contributed by atoms with Crippen molar-refractivity contribution >= 4 is 19.3 Å². The summed E-state index contributed by atoms with van der Waals surface area (Å²) >= 11 is 0. The van der Waals surface area contributed by atoms with E-state index in [1.165, 1.54) is 18.9 Å². The van der Waals surface area contributed by atoms with Crippen molar-refractivity contribution in [3.63, 3.8) is 0 Å². The summed E-state index contributed by atoms with van der Waals surface area (Å²) in [6.07, 6.45) is 2.50. The van der Waals surface area contributed by atoms with Crippen molar-refractivity contribution in [1.29, 1.82) is 0 Å². The summed E-state index contributed by atoms with van der Waals surface area (Å²) in [6, 6.07) is 2.96. The van der Waals surface area contributed by atoms with Gasteiger partial charge in [0.2, 0.25) is 7.85 Å². The number of carbonyl (C=O) groups excluding carboxylic acids is 1. The molecule has 0 unspecified atom stereocenters. The van der Waals surface area contributed by atoms with Gasteiger partial charge in [-0.05, 0) is 12.1 Å². The lowest BCUT2D eigenvalue weighted by Crippen LogP contribution is -2.08. The Morgan fingerprint density at radius 3 is 1.75 bits per heavy atom. The van der Waals surface area contributed by atoms with Gasteiger partial charge in [0.1, 0.15) is 0 Å². The number of anilines is 1. The monoisotopic (exact) mass is 285 g/mol. The van der Waals surface area contributed by atoms with Gasteiger partial charge in [-0.1, -0.05) is 54.4 Å². The van der Waals surface area contributed by atoms with Gasteiger partial charge in [-0.2, -0.15) is 0 Å². The maximum atomic E-state index is 12.5. The number of carbonyl (C=O) groups is 1. The fourth-order valence-corrected chi connectivity index (χ4v) is 0.716. The summed E-state index contributed by atoms with van der Waals surface area (Å²) in [4.78, 5) is 10.3. The minimum absolute atomic E-state index is 0.126. The van der Waals surface area contributed by atoms with Gasteiger partial charge in [0.25, 0.3) is 0 Å². The molecule has 1 rings (SSSR count). The molecule has 1 aromatic carbocycles. The number of hydrogen-bond acceptors (Lipinski definition) is 1. The molecule has 0 aliphatic carbocycles. The summed E-state index contributed by atoms with van der Waals surface area (Å²) in [5.74, 6) is -2.81. The van der Waals surface area contributed by atoms with Crippen LogP contribution in [0.4, 0.5) is 19.3 Å². The van der Waals surface area contributed by atoms with Crippen LogP contribution in [-0.2, 0) is 0 Å². The predicted octanol–water partition coefficient (Wildman–Crippen LogP) is 5.52. The molecule has 0 aliphatic rings. The van der Waals surface area contributed by atoms with Gasteiger partial charge in [0.15, 0.2) is 17.4 Å². The molecule has 0 saturated heterocycles. The van der Waals surface area contributed by atoms with Crippen molar-refractivity contribution in [3.05, 3.63) is 29.8 Å². The Labute approximate surface area is 123 Å². The van der Waals surface area contributed by atoms with Crippen LogP contribution in [0.15, 0.2) is 18.2 Å². The Bertz CT molecular complexity index is 345. The Morgan fingerprint density at radius 1 is 1.05 bits per heavy atom. The third-order valence-electron chi connectivity index (χ3n) is 1.19. The number of rotatable bonds is 1. The molecular weight excluding hydrogens is 259 g/mol. The molecule has 114 valence electrons. The molecule has 2 radical (unpaired) electrons. The number of hydrogen-bond donors (Lipinski definition) is 1. The summed E-state index contributed by atoms with van der Waals surface area (Å²) < 4.78 is 24.8. The summed E-state index contributed by atoms with van der Waals surface area (Å²) in [6.45, 7) is 12.5. The first-order valence-electron chi connectivity index (χ1n) is 6.94. The lowest BCUT2D eigenvalue weighted by molar-refractivity contribution is 0.269. The Balaban J connectivity index is -0.000000304. The Kier molecular flexibility index (Phi) is 20.9. The third kappa shape index (κ3) is 16.6. The smallest absolute Gasteiger partial charge is 0.201 e. The van der Waals surface area contributed by atoms with E-state index in [2.05, 4.69) is 33.0 Å². The van der Waals surface area contributed by atoms with Crippen molar-refractivity contribution < 1.29 is 13.6 Å². The maximum absolute atomic E-state index is 12.5. The highest BCUT2D eigenvalue weighted by molar-refractivity contribution is 6.60. The average Bonchev–Trinajstić information content (AvgIpc) is 2.38. The molecule has 0 aliphatic heterocycles. The third-order valence-corrected chi connectivity index (χ3v) is 1.19. The van der Waals surface area contributed by atoms with Crippen LogP contribution >= 0.6 is 0 Å². The van der Waals surface area contributed by atoms with Gasteiger partial charge in [0.05, 0.1) is 0 Å². The van der Waals surface area contributed by atoms with Crippen molar-refractivity contribution in [2.75, 3.05) is 5.32 Å². The van der Waals surface area contributed by atoms with E-state index in [0.29, 0.717) is 0 Å². The Morgan fingerprint density at radius 2 is 1.45 bits per heavy atom. The molecule has 0 aromatic heterocycles. The van der Waals surface area contributed by atoms with Crippen LogP contribution in [0.25, 0.3) is 0 Å². The van der Waals surface area contributed by atoms with E-state index in [1.54, 1.807) is 0 Å². The number of halogens is 2. The second-order valence-corrected chi connectivity index (χ2v) is 3.53. The van der Waals surface area contributed by atoms with Gasteiger partial charge < -0.3 is 5.32 Å². The van der Waals surface area contributed by atoms with Crippen LogP contribution < -0.4 is 5.32 Å². The van der Waals surface area contributed by atoms with Crippen molar-refractivity contribution in [2.24, 2.45) is 0 Å². The highest BCUT2D eigenvalue weighted by atomic mass is 19.2. The minimum atomic E-state index is -1.03. The molecule has 0 saturated carbocycles. The van der Waals surface area contributed by atoms with Crippen LogP contribution in [0.1, 0.15) is 54.4 Å². The van der Waals surface area contributed by atoms with Crippen LogP contribution in [0.5, 0.6) is 0 Å². The molecule has 0 bridgehead atoms. The maximum Gasteiger partial charge on any atom is 0.201 e. The minimum Gasteiger partial charge on any atom is -0.336 e. The van der Waals surface area contributed by atoms with E-state index < -0.39 is 17.4 Å². The highest BCUT2D eigenvalue weighted by Crippen LogP contribution is 2.12. The predicted molar refractivity (Wildman–Crippen MR) is 84.4 cm³/mol. The first kappa shape index (κ1) is 23.7. The summed E-state index contributed by atoms with van der Waals surface area (Å²) in [7, 11) is 4.75. The first-order valence-corrected chi connectivity index (χ1v) is 6.94. The quantitative estimate of drug-likeness (QED) is 0.676. The lowest BCUT2D eigenvalue weighted by atomic mass is 10.1. The number of nitrogens with one attached hydrogen (secondary N) is 1. The molecular formula is C15H26BF2NO. The molecule has 20 heavy (non-hydrogen) atoms. The molecule has 0 atom stereocenters. The van der Waals surface area contributed by atoms with E-state index >= 15 is 0 Å². The number of amides is 1. The van der Waals surface area contributed by atoms with Crippen molar-refractivity contribution in [1.82, 2.24) is 0 Å². The van der Waals surface area contributed by atoms with E-state index in [4.69, 9.17) is 7.85 Å². The standard InChI is InChI=1S/C7H4BF2NO.2C3H8.C2H6/c8-7(12)11-4-1-2-5(9)6(10)3-4;2*1-3-2;1-2/h1-3H,(H,11,12);2*3H2,1-2H3;1-2H3. The van der Waals surface area contributed by atoms with Crippen LogP contribution in [0, 0.1) is 11.6 Å². The SMILES string of the molecule is CC.CCC.CCC.[B]C(=O)Nc1ccc(F)c(F)c1. The Hall–Kier alpha value is -1.39. The topological polar surface area (TPSA) is 29.1 Å². The normalized spacial score (nSPS) is 7.80. The van der Waals surface area contributed by atoms with Crippen LogP contribution in [-0.4, -0.2) is 13.7 Å². The van der Waals surface area contributed by atoms with Gasteiger partial charge in [-0.3, -0.25) is 4.79 Å². The average molecular weight is 285 g/mol. The van der Waals surface area contributed by atoms with E-state index in [-0.39, 0.29) is 5.69 Å². The summed E-state index contributed by atoms with van der Waals surface area (Å²) in [5.41, 5.74) is 0.126. The van der Waals surface area contributed by atoms with Crippen LogP contribution in [0.3, 0.4) is 0 Å². The van der Waals surface area contributed by atoms with Gasteiger partial charge >= 0.3 is 0 Å². The number of benzene rings is 1. The van der Waals surface area contributed by atoms with Crippen molar-refractivity contribution in [2.45, 2.75) is 54.4 Å². The molecule has 0 spiro atoms.